The first kappa shape index (κ1) is 14.5. The summed E-state index contributed by atoms with van der Waals surface area (Å²) in [7, 11) is -2.44. The number of esters is 1. The number of thiophene rings is 2. The van der Waals surface area contributed by atoms with Gasteiger partial charge in [-0.1, -0.05) is 0 Å². The molecule has 0 atom stereocenters. The number of hydrogen-bond acceptors (Lipinski definition) is 6. The first-order chi connectivity index (χ1) is 8.94. The highest BCUT2D eigenvalue weighted by Crippen LogP contribution is 2.30. The molecule has 0 fully saturated rings. The van der Waals surface area contributed by atoms with Crippen molar-refractivity contribution in [2.75, 3.05) is 11.8 Å². The third-order valence-electron chi connectivity index (χ3n) is 2.09. The molecule has 0 aliphatic heterocycles. The zero-order chi connectivity index (χ0) is 14.0. The Labute approximate surface area is 126 Å². The Balaban J connectivity index is 2.31. The second kappa shape index (κ2) is 5.61. The van der Waals surface area contributed by atoms with Gasteiger partial charge in [0.2, 0.25) is 0 Å². The highest BCUT2D eigenvalue weighted by molar-refractivity contribution is 9.11. The molecule has 2 heterocycles. The van der Waals surface area contributed by atoms with Crippen molar-refractivity contribution in [2.45, 2.75) is 4.21 Å². The van der Waals surface area contributed by atoms with Gasteiger partial charge < -0.3 is 4.74 Å². The van der Waals surface area contributed by atoms with Crippen LogP contribution in [0.1, 0.15) is 9.67 Å². The van der Waals surface area contributed by atoms with Crippen molar-refractivity contribution in [3.63, 3.8) is 0 Å². The zero-order valence-electron chi connectivity index (χ0n) is 9.55. The minimum atomic E-state index is -3.69. The smallest absolute Gasteiger partial charge is 0.350 e. The van der Waals surface area contributed by atoms with E-state index in [2.05, 4.69) is 25.4 Å². The highest BCUT2D eigenvalue weighted by Gasteiger charge is 2.21. The summed E-state index contributed by atoms with van der Waals surface area (Å²) in [5, 5.41) is 1.62. The SMILES string of the molecule is COC(=O)c1sccc1NS(=O)(=O)c1ccc(Br)s1. The van der Waals surface area contributed by atoms with Crippen LogP contribution < -0.4 is 4.72 Å². The summed E-state index contributed by atoms with van der Waals surface area (Å²) in [5.74, 6) is -0.569. The lowest BCUT2D eigenvalue weighted by Crippen LogP contribution is -2.13. The molecular formula is C10H8BrNO4S3. The summed E-state index contributed by atoms with van der Waals surface area (Å²) in [6.45, 7) is 0. The summed E-state index contributed by atoms with van der Waals surface area (Å²) in [6.07, 6.45) is 0. The fourth-order valence-corrected chi connectivity index (χ4v) is 5.19. The molecule has 19 heavy (non-hydrogen) atoms. The lowest BCUT2D eigenvalue weighted by atomic mass is 10.4. The van der Waals surface area contributed by atoms with Crippen LogP contribution in [0.15, 0.2) is 31.6 Å². The third kappa shape index (κ3) is 3.16. The summed E-state index contributed by atoms with van der Waals surface area (Å²) in [6, 6.07) is 4.66. The van der Waals surface area contributed by atoms with E-state index in [4.69, 9.17) is 0 Å². The van der Waals surface area contributed by atoms with Crippen LogP contribution in [-0.2, 0) is 14.8 Å². The fourth-order valence-electron chi connectivity index (χ4n) is 1.28. The number of anilines is 1. The summed E-state index contributed by atoms with van der Waals surface area (Å²) >= 11 is 5.41. The molecule has 2 aromatic rings. The van der Waals surface area contributed by atoms with Crippen LogP contribution in [0.2, 0.25) is 0 Å². The van der Waals surface area contributed by atoms with Gasteiger partial charge in [-0.15, -0.1) is 22.7 Å². The summed E-state index contributed by atoms with van der Waals surface area (Å²) in [5.41, 5.74) is 0.223. The number of carbonyl (C=O) groups excluding carboxylic acids is 1. The van der Waals surface area contributed by atoms with E-state index in [1.807, 2.05) is 0 Å². The Kier molecular flexibility index (Phi) is 4.29. The predicted octanol–water partition coefficient (Wildman–Crippen LogP) is 3.16. The molecule has 0 aliphatic carbocycles. The molecule has 0 aliphatic rings. The normalized spacial score (nSPS) is 11.3. The van der Waals surface area contributed by atoms with Crippen LogP contribution in [0.25, 0.3) is 0 Å². The standard InChI is InChI=1S/C10H8BrNO4S3/c1-16-10(13)9-6(4-5-17-9)12-19(14,15)8-3-2-7(11)18-8/h2-5,12H,1H3. The second-order valence-electron chi connectivity index (χ2n) is 3.32. The molecule has 9 heteroatoms. The van der Waals surface area contributed by atoms with Crippen LogP contribution in [0.4, 0.5) is 5.69 Å². The van der Waals surface area contributed by atoms with Crippen molar-refractivity contribution in [3.8, 4) is 0 Å². The Bertz CT molecular complexity index is 704. The van der Waals surface area contributed by atoms with Gasteiger partial charge in [-0.05, 0) is 39.5 Å². The van der Waals surface area contributed by atoms with Gasteiger partial charge in [0.15, 0.2) is 0 Å². The number of carbonyl (C=O) groups is 1. The monoisotopic (exact) mass is 381 g/mol. The Morgan fingerprint density at radius 2 is 2.11 bits per heavy atom. The van der Waals surface area contributed by atoms with E-state index in [-0.39, 0.29) is 14.8 Å². The van der Waals surface area contributed by atoms with Crippen LogP contribution >= 0.6 is 38.6 Å². The summed E-state index contributed by atoms with van der Waals surface area (Å²) < 4.78 is 32.1. The van der Waals surface area contributed by atoms with Gasteiger partial charge in [-0.2, -0.15) is 0 Å². The number of nitrogens with one attached hydrogen (secondary N) is 1. The van der Waals surface area contributed by atoms with E-state index < -0.39 is 16.0 Å². The summed E-state index contributed by atoms with van der Waals surface area (Å²) in [4.78, 5) is 11.7. The van der Waals surface area contributed by atoms with Gasteiger partial charge in [0.05, 0.1) is 16.6 Å². The Hall–Kier alpha value is -0.900. The number of hydrogen-bond donors (Lipinski definition) is 1. The fraction of sp³-hybridized carbons (Fsp3) is 0.100. The van der Waals surface area contributed by atoms with E-state index in [9.17, 15) is 13.2 Å². The molecule has 0 spiro atoms. The molecule has 0 aromatic carbocycles. The molecule has 0 radical (unpaired) electrons. The Morgan fingerprint density at radius 3 is 2.68 bits per heavy atom. The number of ether oxygens (including phenoxy) is 1. The molecule has 0 amide bonds. The third-order valence-corrected chi connectivity index (χ3v) is 6.47. The van der Waals surface area contributed by atoms with Crippen molar-refractivity contribution < 1.29 is 17.9 Å². The average molecular weight is 382 g/mol. The molecule has 2 rings (SSSR count). The van der Waals surface area contributed by atoms with Crippen molar-refractivity contribution in [2.24, 2.45) is 0 Å². The molecule has 0 saturated carbocycles. The molecule has 0 saturated heterocycles. The largest absolute Gasteiger partial charge is 0.465 e. The van der Waals surface area contributed by atoms with E-state index in [0.29, 0.717) is 3.79 Å². The van der Waals surface area contributed by atoms with E-state index >= 15 is 0 Å². The topological polar surface area (TPSA) is 72.5 Å². The van der Waals surface area contributed by atoms with Crippen LogP contribution in [-0.4, -0.2) is 21.5 Å². The molecular weight excluding hydrogens is 374 g/mol. The first-order valence-corrected chi connectivity index (χ1v) is 8.85. The van der Waals surface area contributed by atoms with Gasteiger partial charge in [-0.25, -0.2) is 13.2 Å². The van der Waals surface area contributed by atoms with Gasteiger partial charge >= 0.3 is 5.97 Å². The molecule has 2 aromatic heterocycles. The number of sulfonamides is 1. The maximum atomic E-state index is 12.1. The molecule has 102 valence electrons. The minimum absolute atomic E-state index is 0.168. The average Bonchev–Trinajstić information content (AvgIpc) is 2.97. The van der Waals surface area contributed by atoms with E-state index in [1.54, 1.807) is 11.4 Å². The maximum Gasteiger partial charge on any atom is 0.350 e. The quantitative estimate of drug-likeness (QED) is 0.825. The van der Waals surface area contributed by atoms with Crippen molar-refractivity contribution in [3.05, 3.63) is 32.2 Å². The van der Waals surface area contributed by atoms with Gasteiger partial charge in [0.1, 0.15) is 9.09 Å². The predicted molar refractivity (Wildman–Crippen MR) is 78.5 cm³/mol. The van der Waals surface area contributed by atoms with Gasteiger partial charge in [0, 0.05) is 0 Å². The van der Waals surface area contributed by atoms with Crippen molar-refractivity contribution >= 4 is 60.3 Å². The number of methoxy groups -OCH3 is 1. The van der Waals surface area contributed by atoms with E-state index in [1.165, 1.54) is 19.2 Å². The van der Waals surface area contributed by atoms with Crippen LogP contribution in [0, 0.1) is 0 Å². The molecule has 0 bridgehead atoms. The van der Waals surface area contributed by atoms with Gasteiger partial charge in [-0.3, -0.25) is 4.72 Å². The second-order valence-corrected chi connectivity index (χ2v) is 8.61. The number of halogens is 1. The minimum Gasteiger partial charge on any atom is -0.465 e. The molecule has 1 N–H and O–H groups in total. The van der Waals surface area contributed by atoms with Crippen molar-refractivity contribution in [1.29, 1.82) is 0 Å². The van der Waals surface area contributed by atoms with Gasteiger partial charge in [0.25, 0.3) is 10.0 Å². The molecule has 0 unspecified atom stereocenters. The van der Waals surface area contributed by atoms with Crippen LogP contribution in [0.3, 0.4) is 0 Å². The Morgan fingerprint density at radius 1 is 1.37 bits per heavy atom. The van der Waals surface area contributed by atoms with Crippen LogP contribution in [0.5, 0.6) is 0 Å². The highest BCUT2D eigenvalue weighted by atomic mass is 79.9. The number of rotatable bonds is 4. The van der Waals surface area contributed by atoms with Crippen molar-refractivity contribution in [1.82, 2.24) is 0 Å². The lowest BCUT2D eigenvalue weighted by Gasteiger charge is -2.06. The maximum absolute atomic E-state index is 12.1. The van der Waals surface area contributed by atoms with E-state index in [0.717, 1.165) is 22.7 Å². The lowest BCUT2D eigenvalue weighted by molar-refractivity contribution is 0.0607. The first-order valence-electron chi connectivity index (χ1n) is 4.88. The molecule has 5 nitrogen and oxygen atoms in total. The zero-order valence-corrected chi connectivity index (χ0v) is 13.6.